The maximum atomic E-state index is 14.4. The second-order valence-electron chi connectivity index (χ2n) is 11.4. The minimum absolute atomic E-state index is 0.189. The number of benzene rings is 4. The summed E-state index contributed by atoms with van der Waals surface area (Å²) in [4.78, 5) is 55.3. The largest absolute Gasteiger partial charge is 0.344 e. The van der Waals surface area contributed by atoms with E-state index in [1.54, 1.807) is 30.5 Å². The first-order chi connectivity index (χ1) is 21.3. The molecule has 1 heterocycles. The Morgan fingerprint density at radius 3 is 2.09 bits per heavy atom. The van der Waals surface area contributed by atoms with Crippen molar-refractivity contribution < 1.29 is 19.2 Å². The zero-order valence-electron chi connectivity index (χ0n) is 23.7. The van der Waals surface area contributed by atoms with E-state index >= 15 is 0 Å². The molecule has 0 unspecified atom stereocenters. The molecule has 3 aliphatic carbocycles. The average Bonchev–Trinajstić information content (AvgIpc) is 3.31. The number of rotatable bonds is 5. The molecule has 1 fully saturated rings. The summed E-state index contributed by atoms with van der Waals surface area (Å²) < 4.78 is 0.833. The van der Waals surface area contributed by atoms with Crippen LogP contribution < -0.4 is 15.6 Å². The number of hydrogen-bond acceptors (Lipinski definition) is 5. The van der Waals surface area contributed by atoms with Gasteiger partial charge in [0.15, 0.2) is 0 Å². The summed E-state index contributed by atoms with van der Waals surface area (Å²) in [5.74, 6) is -4.15. The maximum Gasteiger partial charge on any atom is 0.329 e. The molecule has 4 aromatic rings. The summed E-state index contributed by atoms with van der Waals surface area (Å²) in [7, 11) is 0. The van der Waals surface area contributed by atoms with Gasteiger partial charge >= 0.3 is 11.8 Å². The minimum atomic E-state index is -1.16. The normalized spacial score (nSPS) is 22.9. The summed E-state index contributed by atoms with van der Waals surface area (Å²) in [6, 6.07) is 30.3. The highest BCUT2D eigenvalue weighted by molar-refractivity contribution is 9.10. The third-order valence-electron chi connectivity index (χ3n) is 8.98. The number of imide groups is 1. The highest BCUT2D eigenvalue weighted by atomic mass is 79.9. The Bertz CT molecular complexity index is 1820. The van der Waals surface area contributed by atoms with E-state index in [4.69, 9.17) is 0 Å². The number of carbonyl (C=O) groups is 4. The number of hydrazone groups is 1. The van der Waals surface area contributed by atoms with Crippen molar-refractivity contribution in [2.24, 2.45) is 16.9 Å². The highest BCUT2D eigenvalue weighted by Gasteiger charge is 2.68. The van der Waals surface area contributed by atoms with Crippen molar-refractivity contribution in [1.29, 1.82) is 0 Å². The van der Waals surface area contributed by atoms with Gasteiger partial charge in [0.1, 0.15) is 0 Å². The Morgan fingerprint density at radius 2 is 1.45 bits per heavy atom. The van der Waals surface area contributed by atoms with Crippen LogP contribution in [0.3, 0.4) is 0 Å². The topological polar surface area (TPSA) is 108 Å². The van der Waals surface area contributed by atoms with Gasteiger partial charge in [0.25, 0.3) is 0 Å². The van der Waals surface area contributed by atoms with E-state index in [0.29, 0.717) is 5.69 Å². The van der Waals surface area contributed by atoms with Crippen LogP contribution in [0.5, 0.6) is 0 Å². The van der Waals surface area contributed by atoms with Crippen molar-refractivity contribution in [2.45, 2.75) is 24.8 Å². The number of anilines is 1. The molecule has 1 saturated heterocycles. The van der Waals surface area contributed by atoms with E-state index in [1.807, 2.05) is 79.7 Å². The first kappa shape index (κ1) is 27.9. The quantitative estimate of drug-likeness (QED) is 0.141. The number of carbonyl (C=O) groups excluding carboxylic acids is 4. The fraction of sp³-hybridized carbons (Fsp3) is 0.171. The summed E-state index contributed by atoms with van der Waals surface area (Å²) in [6.07, 6.45) is 1.54. The van der Waals surface area contributed by atoms with E-state index in [0.717, 1.165) is 37.9 Å². The third-order valence-corrected chi connectivity index (χ3v) is 9.51. The van der Waals surface area contributed by atoms with Crippen LogP contribution in [0.4, 0.5) is 5.69 Å². The predicted molar refractivity (Wildman–Crippen MR) is 169 cm³/mol. The van der Waals surface area contributed by atoms with Gasteiger partial charge in [-0.25, -0.2) is 10.3 Å². The molecule has 0 radical (unpaired) electrons. The number of nitrogens with zero attached hydrogens (tertiary/aromatic N) is 2. The lowest BCUT2D eigenvalue weighted by Crippen LogP contribution is -2.55. The van der Waals surface area contributed by atoms with Gasteiger partial charge in [0.2, 0.25) is 11.8 Å². The lowest BCUT2D eigenvalue weighted by Gasteiger charge is -2.52. The van der Waals surface area contributed by atoms with E-state index in [-0.39, 0.29) is 24.3 Å². The van der Waals surface area contributed by atoms with Crippen LogP contribution in [0.15, 0.2) is 107 Å². The zero-order chi connectivity index (χ0) is 30.6. The Balaban J connectivity index is 1.26. The number of halogens is 1. The van der Waals surface area contributed by atoms with E-state index < -0.39 is 29.1 Å². The molecule has 0 aromatic heterocycles. The SMILES string of the molecule is Cc1ccc(CNC(=O)C(=O)N/N=C\C23c4ccccc4C(c4ccccc42)[C@@H]2C(=O)N(c4ccc(Br)cc4)C(=O)[C@@H]23)cc1. The molecular formula is C35H27BrN4O4. The molecule has 8 rings (SSSR count). The standard InChI is InChI=1S/C35H27BrN4O4/c1-20-10-12-21(13-11-20)18-37-31(41)32(42)39-38-19-35-26-8-4-2-6-24(26)28(25-7-3-5-9-27(25)35)29-30(35)34(44)40(33(29)43)23-16-14-22(36)15-17-23/h2-17,19,28-30H,18H2,1H3,(H,37,41)(H,39,42)/b38-19-/t28?,29-,30+,35?/m0/s1. The summed E-state index contributed by atoms with van der Waals surface area (Å²) in [6.45, 7) is 2.16. The number of amides is 4. The van der Waals surface area contributed by atoms with Gasteiger partial charge in [-0.3, -0.25) is 19.2 Å². The minimum Gasteiger partial charge on any atom is -0.344 e. The highest BCUT2D eigenvalue weighted by Crippen LogP contribution is 2.63. The summed E-state index contributed by atoms with van der Waals surface area (Å²) >= 11 is 3.43. The fourth-order valence-electron chi connectivity index (χ4n) is 7.11. The Morgan fingerprint density at radius 1 is 0.841 bits per heavy atom. The molecule has 1 aliphatic heterocycles. The monoisotopic (exact) mass is 646 g/mol. The Labute approximate surface area is 262 Å². The van der Waals surface area contributed by atoms with E-state index in [9.17, 15) is 19.2 Å². The number of aryl methyl sites for hydroxylation is 1. The van der Waals surface area contributed by atoms with Crippen LogP contribution in [-0.4, -0.2) is 29.8 Å². The van der Waals surface area contributed by atoms with E-state index in [1.165, 1.54) is 4.90 Å². The average molecular weight is 648 g/mol. The zero-order valence-corrected chi connectivity index (χ0v) is 25.2. The molecule has 2 atom stereocenters. The number of nitrogens with one attached hydrogen (secondary N) is 2. The second kappa shape index (κ2) is 10.7. The van der Waals surface area contributed by atoms with Crippen LogP contribution in [0.25, 0.3) is 0 Å². The molecule has 4 aromatic carbocycles. The molecule has 4 amide bonds. The van der Waals surface area contributed by atoms with Gasteiger partial charge in [0.05, 0.1) is 22.9 Å². The molecule has 4 aliphatic rings. The third kappa shape index (κ3) is 4.22. The molecule has 8 nitrogen and oxygen atoms in total. The molecule has 0 saturated carbocycles. The van der Waals surface area contributed by atoms with Crippen LogP contribution in [0.1, 0.15) is 39.3 Å². The molecular weight excluding hydrogens is 620 g/mol. The first-order valence-electron chi connectivity index (χ1n) is 14.3. The lowest BCUT2D eigenvalue weighted by molar-refractivity contribution is -0.139. The van der Waals surface area contributed by atoms with Crippen molar-refractivity contribution in [3.63, 3.8) is 0 Å². The van der Waals surface area contributed by atoms with Crippen LogP contribution in [-0.2, 0) is 31.1 Å². The molecule has 2 bridgehead atoms. The van der Waals surface area contributed by atoms with Crippen molar-refractivity contribution in [3.8, 4) is 0 Å². The molecule has 9 heteroatoms. The first-order valence-corrected chi connectivity index (χ1v) is 15.1. The Hall–Kier alpha value is -4.89. The maximum absolute atomic E-state index is 14.4. The van der Waals surface area contributed by atoms with Crippen LogP contribution in [0.2, 0.25) is 0 Å². The van der Waals surface area contributed by atoms with E-state index in [2.05, 4.69) is 31.8 Å². The van der Waals surface area contributed by atoms with Crippen molar-refractivity contribution in [3.05, 3.63) is 135 Å². The van der Waals surface area contributed by atoms with Crippen LogP contribution >= 0.6 is 15.9 Å². The fourth-order valence-corrected chi connectivity index (χ4v) is 7.37. The van der Waals surface area contributed by atoms with Gasteiger partial charge in [-0.2, -0.15) is 5.10 Å². The van der Waals surface area contributed by atoms with Gasteiger partial charge in [-0.1, -0.05) is 94.3 Å². The number of hydrogen-bond donors (Lipinski definition) is 2. The van der Waals surface area contributed by atoms with Gasteiger partial charge in [0, 0.05) is 23.1 Å². The lowest BCUT2D eigenvalue weighted by atomic mass is 9.47. The smallest absolute Gasteiger partial charge is 0.329 e. The van der Waals surface area contributed by atoms with Gasteiger partial charge < -0.3 is 5.32 Å². The second-order valence-corrected chi connectivity index (χ2v) is 12.3. The predicted octanol–water partition coefficient (Wildman–Crippen LogP) is 4.73. The Kier molecular flexibility index (Phi) is 6.77. The van der Waals surface area contributed by atoms with Crippen molar-refractivity contribution in [2.75, 3.05) is 4.90 Å². The summed E-state index contributed by atoms with van der Waals surface area (Å²) in [5.41, 5.74) is 7.26. The molecule has 218 valence electrons. The molecule has 2 N–H and O–H groups in total. The van der Waals surface area contributed by atoms with Crippen molar-refractivity contribution >= 4 is 51.5 Å². The van der Waals surface area contributed by atoms with Crippen LogP contribution in [0, 0.1) is 18.8 Å². The van der Waals surface area contributed by atoms with Gasteiger partial charge in [-0.15, -0.1) is 0 Å². The summed E-state index contributed by atoms with van der Waals surface area (Å²) in [5, 5.41) is 6.92. The molecule has 44 heavy (non-hydrogen) atoms. The van der Waals surface area contributed by atoms with Crippen molar-refractivity contribution in [1.82, 2.24) is 10.7 Å². The van der Waals surface area contributed by atoms with Gasteiger partial charge in [-0.05, 0) is 59.0 Å². The molecule has 0 spiro atoms.